The number of ketones is 1. The molecule has 0 aliphatic heterocycles. The molecule has 2 rings (SSSR count). The highest BCUT2D eigenvalue weighted by Crippen LogP contribution is 2.16. The number of carbonyl (C=O) groups is 3. The standard InChI is InChI=1S/C19H17FN2O4S/c20-14-4-6-15(7-5-14)22(11-2-10-21)18(24)13-26-19(25)9-8-16(23)17-3-1-12-27-17/h1,3-7,12H,2,8-9,11,13H2. The lowest BCUT2D eigenvalue weighted by Gasteiger charge is -2.21. The van der Waals surface area contributed by atoms with Gasteiger partial charge in [-0.25, -0.2) is 4.39 Å². The van der Waals surface area contributed by atoms with E-state index in [4.69, 9.17) is 10.00 Å². The summed E-state index contributed by atoms with van der Waals surface area (Å²) >= 11 is 1.30. The Morgan fingerprint density at radius 3 is 2.52 bits per heavy atom. The summed E-state index contributed by atoms with van der Waals surface area (Å²) in [5.74, 6) is -1.80. The summed E-state index contributed by atoms with van der Waals surface area (Å²) in [4.78, 5) is 37.8. The highest BCUT2D eigenvalue weighted by molar-refractivity contribution is 7.12. The van der Waals surface area contributed by atoms with E-state index in [2.05, 4.69) is 0 Å². The van der Waals surface area contributed by atoms with Gasteiger partial charge in [-0.15, -0.1) is 11.3 Å². The summed E-state index contributed by atoms with van der Waals surface area (Å²) in [6.45, 7) is -0.426. The summed E-state index contributed by atoms with van der Waals surface area (Å²) < 4.78 is 18.0. The van der Waals surface area contributed by atoms with Gasteiger partial charge in [0.15, 0.2) is 12.4 Å². The molecular weight excluding hydrogens is 371 g/mol. The Morgan fingerprint density at radius 2 is 1.89 bits per heavy atom. The molecule has 1 aromatic heterocycles. The number of halogens is 1. The maximum absolute atomic E-state index is 13.1. The highest BCUT2D eigenvalue weighted by atomic mass is 32.1. The van der Waals surface area contributed by atoms with Gasteiger partial charge in [0.25, 0.3) is 5.91 Å². The Morgan fingerprint density at radius 1 is 1.15 bits per heavy atom. The first kappa shape index (κ1) is 20.3. The molecule has 0 N–H and O–H groups in total. The van der Waals surface area contributed by atoms with Crippen LogP contribution in [0.1, 0.15) is 28.9 Å². The highest BCUT2D eigenvalue weighted by Gasteiger charge is 2.18. The van der Waals surface area contributed by atoms with Gasteiger partial charge in [-0.3, -0.25) is 14.4 Å². The smallest absolute Gasteiger partial charge is 0.306 e. The molecule has 0 bridgehead atoms. The van der Waals surface area contributed by atoms with Crippen molar-refractivity contribution in [3.05, 3.63) is 52.5 Å². The van der Waals surface area contributed by atoms with Gasteiger partial charge in [0, 0.05) is 18.7 Å². The summed E-state index contributed by atoms with van der Waals surface area (Å²) in [5, 5.41) is 10.5. The fourth-order valence-corrected chi connectivity index (χ4v) is 2.94. The lowest BCUT2D eigenvalue weighted by atomic mass is 10.2. The van der Waals surface area contributed by atoms with E-state index < -0.39 is 24.3 Å². The number of nitriles is 1. The van der Waals surface area contributed by atoms with Crippen LogP contribution >= 0.6 is 11.3 Å². The van der Waals surface area contributed by atoms with Crippen molar-refractivity contribution in [3.8, 4) is 6.07 Å². The van der Waals surface area contributed by atoms with Crippen LogP contribution in [0.4, 0.5) is 10.1 Å². The number of ether oxygens (including phenoxy) is 1. The summed E-state index contributed by atoms with van der Waals surface area (Å²) in [6.07, 6.45) is -0.0468. The Kier molecular flexibility index (Phi) is 7.64. The molecule has 0 saturated carbocycles. The quantitative estimate of drug-likeness (QED) is 0.486. The first-order valence-electron chi connectivity index (χ1n) is 8.16. The second-order valence-electron chi connectivity index (χ2n) is 5.49. The van der Waals surface area contributed by atoms with Crippen LogP contribution in [-0.4, -0.2) is 30.8 Å². The number of benzene rings is 1. The number of hydrogen-bond acceptors (Lipinski definition) is 6. The number of hydrogen-bond donors (Lipinski definition) is 0. The molecule has 1 aromatic carbocycles. The van der Waals surface area contributed by atoms with Gasteiger partial charge < -0.3 is 9.64 Å². The van der Waals surface area contributed by atoms with Crippen molar-refractivity contribution in [3.63, 3.8) is 0 Å². The van der Waals surface area contributed by atoms with Crippen molar-refractivity contribution < 1.29 is 23.5 Å². The minimum Gasteiger partial charge on any atom is -0.456 e. The van der Waals surface area contributed by atoms with E-state index >= 15 is 0 Å². The molecule has 0 aliphatic rings. The molecule has 0 fully saturated rings. The van der Waals surface area contributed by atoms with Crippen molar-refractivity contribution in [1.82, 2.24) is 0 Å². The Bertz CT molecular complexity index is 828. The van der Waals surface area contributed by atoms with Crippen LogP contribution in [0.3, 0.4) is 0 Å². The molecule has 0 radical (unpaired) electrons. The van der Waals surface area contributed by atoms with Gasteiger partial charge >= 0.3 is 5.97 Å². The first-order chi connectivity index (χ1) is 13.0. The summed E-state index contributed by atoms with van der Waals surface area (Å²) in [7, 11) is 0. The average Bonchev–Trinajstić information content (AvgIpc) is 3.21. The Balaban J connectivity index is 1.86. The number of amides is 1. The van der Waals surface area contributed by atoms with Gasteiger partial charge in [0.2, 0.25) is 0 Å². The van der Waals surface area contributed by atoms with Crippen molar-refractivity contribution >= 4 is 34.7 Å². The fraction of sp³-hybridized carbons (Fsp3) is 0.263. The Hall–Kier alpha value is -3.05. The SMILES string of the molecule is N#CCCN(C(=O)COC(=O)CCC(=O)c1cccs1)c1ccc(F)cc1. The van der Waals surface area contributed by atoms with Crippen LogP contribution in [-0.2, 0) is 14.3 Å². The third-order valence-corrected chi connectivity index (χ3v) is 4.51. The molecule has 0 unspecified atom stereocenters. The minimum atomic E-state index is -0.660. The molecule has 0 atom stereocenters. The van der Waals surface area contributed by atoms with Crippen LogP contribution < -0.4 is 4.90 Å². The lowest BCUT2D eigenvalue weighted by Crippen LogP contribution is -2.35. The van der Waals surface area contributed by atoms with E-state index in [9.17, 15) is 18.8 Å². The number of Topliss-reactive ketones (excluding diaryl/α,β-unsaturated/α-hetero) is 1. The molecule has 27 heavy (non-hydrogen) atoms. The zero-order valence-corrected chi connectivity index (χ0v) is 15.2. The van der Waals surface area contributed by atoms with E-state index in [-0.39, 0.29) is 31.6 Å². The maximum Gasteiger partial charge on any atom is 0.306 e. The number of nitrogens with zero attached hydrogens (tertiary/aromatic N) is 2. The average molecular weight is 388 g/mol. The first-order valence-corrected chi connectivity index (χ1v) is 9.04. The molecule has 2 aromatic rings. The third kappa shape index (κ3) is 6.31. The maximum atomic E-state index is 13.1. The number of anilines is 1. The van der Waals surface area contributed by atoms with Crippen LogP contribution in [0.2, 0.25) is 0 Å². The largest absolute Gasteiger partial charge is 0.456 e. The summed E-state index contributed by atoms with van der Waals surface area (Å²) in [6, 6.07) is 10.6. The molecular formula is C19H17FN2O4S. The van der Waals surface area contributed by atoms with E-state index in [0.29, 0.717) is 10.6 Å². The molecule has 0 spiro atoms. The molecule has 8 heteroatoms. The molecule has 1 amide bonds. The van der Waals surface area contributed by atoms with Crippen molar-refractivity contribution in [2.75, 3.05) is 18.1 Å². The second kappa shape index (κ2) is 10.2. The van der Waals surface area contributed by atoms with E-state index in [0.717, 1.165) is 0 Å². The zero-order chi connectivity index (χ0) is 19.6. The molecule has 140 valence electrons. The summed E-state index contributed by atoms with van der Waals surface area (Å²) in [5.41, 5.74) is 0.403. The van der Waals surface area contributed by atoms with Gasteiger partial charge in [-0.2, -0.15) is 5.26 Å². The second-order valence-corrected chi connectivity index (χ2v) is 6.44. The Labute approximate surface area is 159 Å². The molecule has 1 heterocycles. The van der Waals surface area contributed by atoms with Crippen LogP contribution in [0.25, 0.3) is 0 Å². The predicted octanol–water partition coefficient (Wildman–Crippen LogP) is 3.34. The van der Waals surface area contributed by atoms with E-state index in [1.165, 1.54) is 40.5 Å². The van der Waals surface area contributed by atoms with Gasteiger partial charge in [0.1, 0.15) is 5.82 Å². The van der Waals surface area contributed by atoms with E-state index in [1.807, 2.05) is 6.07 Å². The fourth-order valence-electron chi connectivity index (χ4n) is 2.25. The monoisotopic (exact) mass is 388 g/mol. The minimum absolute atomic E-state index is 0.00362. The lowest BCUT2D eigenvalue weighted by molar-refractivity contribution is -0.147. The van der Waals surface area contributed by atoms with Gasteiger partial charge in [-0.1, -0.05) is 6.07 Å². The number of carbonyl (C=O) groups excluding carboxylic acids is 3. The van der Waals surface area contributed by atoms with Crippen LogP contribution in [0, 0.1) is 17.1 Å². The normalized spacial score (nSPS) is 10.1. The number of esters is 1. The predicted molar refractivity (Wildman–Crippen MR) is 97.8 cm³/mol. The topological polar surface area (TPSA) is 87.5 Å². The van der Waals surface area contributed by atoms with Crippen molar-refractivity contribution in [1.29, 1.82) is 5.26 Å². The van der Waals surface area contributed by atoms with Crippen molar-refractivity contribution in [2.45, 2.75) is 19.3 Å². The third-order valence-electron chi connectivity index (χ3n) is 3.60. The van der Waals surface area contributed by atoms with Crippen LogP contribution in [0.15, 0.2) is 41.8 Å². The number of thiophene rings is 1. The number of rotatable bonds is 9. The van der Waals surface area contributed by atoms with E-state index in [1.54, 1.807) is 17.5 Å². The molecule has 0 saturated heterocycles. The molecule has 0 aliphatic carbocycles. The zero-order valence-electron chi connectivity index (χ0n) is 14.4. The van der Waals surface area contributed by atoms with Gasteiger partial charge in [-0.05, 0) is 35.7 Å². The van der Waals surface area contributed by atoms with Crippen LogP contribution in [0.5, 0.6) is 0 Å². The molecule has 6 nitrogen and oxygen atoms in total. The van der Waals surface area contributed by atoms with Crippen molar-refractivity contribution in [2.24, 2.45) is 0 Å². The van der Waals surface area contributed by atoms with Gasteiger partial charge in [0.05, 0.1) is 23.8 Å².